The highest BCUT2D eigenvalue weighted by Gasteiger charge is 2.25. The molecule has 2 aromatic rings. The van der Waals surface area contributed by atoms with Crippen molar-refractivity contribution in [2.75, 3.05) is 23.4 Å². The quantitative estimate of drug-likeness (QED) is 0.944. The molecule has 0 bridgehead atoms. The second-order valence-corrected chi connectivity index (χ2v) is 5.41. The molecule has 0 saturated heterocycles. The van der Waals surface area contributed by atoms with Gasteiger partial charge in [0.2, 0.25) is 5.91 Å². The van der Waals surface area contributed by atoms with Crippen LogP contribution in [0, 0.1) is 6.92 Å². The summed E-state index contributed by atoms with van der Waals surface area (Å²) >= 11 is 0. The maximum absolute atomic E-state index is 12.1. The van der Waals surface area contributed by atoms with Gasteiger partial charge in [0.15, 0.2) is 6.61 Å². The number of anilines is 2. The van der Waals surface area contributed by atoms with E-state index >= 15 is 0 Å². The van der Waals surface area contributed by atoms with Crippen LogP contribution in [0.1, 0.15) is 12.0 Å². The molecule has 0 spiro atoms. The number of hydrogen-bond donors (Lipinski definition) is 1. The second-order valence-electron chi connectivity index (χ2n) is 5.41. The predicted octanol–water partition coefficient (Wildman–Crippen LogP) is 2.75. The van der Waals surface area contributed by atoms with Crippen molar-refractivity contribution in [1.82, 2.24) is 0 Å². The van der Waals surface area contributed by atoms with E-state index in [0.29, 0.717) is 18.0 Å². The molecule has 0 radical (unpaired) electrons. The van der Waals surface area contributed by atoms with Crippen molar-refractivity contribution in [2.24, 2.45) is 0 Å². The maximum Gasteiger partial charge on any atom is 0.265 e. The van der Waals surface area contributed by atoms with Crippen molar-refractivity contribution < 1.29 is 14.3 Å². The fourth-order valence-corrected chi connectivity index (χ4v) is 2.54. The molecule has 0 saturated carbocycles. The summed E-state index contributed by atoms with van der Waals surface area (Å²) in [6.07, 6.45) is 0.231. The SMILES string of the molecule is Cc1ccccc1NC(=O)CCN1C(=O)COc2ccccc21. The molecule has 0 unspecified atom stereocenters. The summed E-state index contributed by atoms with van der Waals surface area (Å²) < 4.78 is 5.39. The third-order valence-electron chi connectivity index (χ3n) is 3.79. The van der Waals surface area contributed by atoms with Crippen molar-refractivity contribution >= 4 is 23.2 Å². The van der Waals surface area contributed by atoms with Gasteiger partial charge in [-0.05, 0) is 30.7 Å². The first-order chi connectivity index (χ1) is 11.1. The normalized spacial score (nSPS) is 13.3. The standard InChI is InChI=1S/C18H18N2O3/c1-13-6-2-3-7-14(13)19-17(21)10-11-20-15-8-4-5-9-16(15)23-12-18(20)22/h2-9H,10-12H2,1H3,(H,19,21). The molecule has 23 heavy (non-hydrogen) atoms. The Morgan fingerprint density at radius 2 is 1.91 bits per heavy atom. The van der Waals surface area contributed by atoms with Gasteiger partial charge in [-0.3, -0.25) is 9.59 Å². The molecule has 2 amide bonds. The van der Waals surface area contributed by atoms with Crippen LogP contribution in [0.4, 0.5) is 11.4 Å². The van der Waals surface area contributed by atoms with Gasteiger partial charge in [0.05, 0.1) is 5.69 Å². The number of carbonyl (C=O) groups is 2. The number of benzene rings is 2. The van der Waals surface area contributed by atoms with E-state index in [2.05, 4.69) is 5.32 Å². The van der Waals surface area contributed by atoms with E-state index in [1.165, 1.54) is 0 Å². The molecule has 0 aromatic heterocycles. The molecule has 5 nitrogen and oxygen atoms in total. The minimum Gasteiger partial charge on any atom is -0.482 e. The first-order valence-electron chi connectivity index (χ1n) is 7.53. The van der Waals surface area contributed by atoms with Gasteiger partial charge in [-0.25, -0.2) is 0 Å². The summed E-state index contributed by atoms with van der Waals surface area (Å²) in [7, 11) is 0. The minimum absolute atomic E-state index is 0.0103. The lowest BCUT2D eigenvalue weighted by Gasteiger charge is -2.29. The zero-order chi connectivity index (χ0) is 16.2. The van der Waals surface area contributed by atoms with Crippen molar-refractivity contribution in [1.29, 1.82) is 0 Å². The molecule has 118 valence electrons. The number of para-hydroxylation sites is 3. The number of ether oxygens (including phenoxy) is 1. The fourth-order valence-electron chi connectivity index (χ4n) is 2.54. The van der Waals surface area contributed by atoms with Crippen LogP contribution in [0.15, 0.2) is 48.5 Å². The Morgan fingerprint density at radius 1 is 1.17 bits per heavy atom. The van der Waals surface area contributed by atoms with Crippen LogP contribution >= 0.6 is 0 Å². The zero-order valence-electron chi connectivity index (χ0n) is 12.9. The lowest BCUT2D eigenvalue weighted by molar-refractivity contribution is -0.121. The van der Waals surface area contributed by atoms with Crippen LogP contribution in [-0.4, -0.2) is 25.0 Å². The largest absolute Gasteiger partial charge is 0.482 e. The van der Waals surface area contributed by atoms with Gasteiger partial charge >= 0.3 is 0 Å². The van der Waals surface area contributed by atoms with Crippen LogP contribution in [0.25, 0.3) is 0 Å². The Hall–Kier alpha value is -2.82. The molecular formula is C18H18N2O3. The lowest BCUT2D eigenvalue weighted by Crippen LogP contribution is -2.40. The minimum atomic E-state index is -0.132. The Morgan fingerprint density at radius 3 is 2.74 bits per heavy atom. The van der Waals surface area contributed by atoms with E-state index in [-0.39, 0.29) is 24.8 Å². The van der Waals surface area contributed by atoms with Crippen LogP contribution in [0.5, 0.6) is 5.75 Å². The number of nitrogens with zero attached hydrogens (tertiary/aromatic N) is 1. The number of aryl methyl sites for hydroxylation is 1. The number of fused-ring (bicyclic) bond motifs is 1. The zero-order valence-corrected chi connectivity index (χ0v) is 12.9. The molecule has 1 aliphatic rings. The molecule has 0 aliphatic carbocycles. The molecule has 1 N–H and O–H groups in total. The number of rotatable bonds is 4. The molecule has 5 heteroatoms. The first-order valence-corrected chi connectivity index (χ1v) is 7.53. The highest BCUT2D eigenvalue weighted by molar-refractivity contribution is 5.99. The van der Waals surface area contributed by atoms with E-state index in [9.17, 15) is 9.59 Å². The molecule has 1 aliphatic heterocycles. The number of hydrogen-bond acceptors (Lipinski definition) is 3. The average molecular weight is 310 g/mol. The predicted molar refractivity (Wildman–Crippen MR) is 88.7 cm³/mol. The number of carbonyl (C=O) groups excluding carboxylic acids is 2. The van der Waals surface area contributed by atoms with Crippen molar-refractivity contribution in [2.45, 2.75) is 13.3 Å². The third kappa shape index (κ3) is 3.34. The Balaban J connectivity index is 1.65. The van der Waals surface area contributed by atoms with Crippen LogP contribution in [0.3, 0.4) is 0 Å². The summed E-state index contributed by atoms with van der Waals surface area (Å²) in [4.78, 5) is 25.8. The van der Waals surface area contributed by atoms with Crippen LogP contribution in [-0.2, 0) is 9.59 Å². The van der Waals surface area contributed by atoms with Crippen molar-refractivity contribution in [3.05, 3.63) is 54.1 Å². The van der Waals surface area contributed by atoms with E-state index in [4.69, 9.17) is 4.74 Å². The maximum atomic E-state index is 12.1. The van der Waals surface area contributed by atoms with Crippen LogP contribution in [0.2, 0.25) is 0 Å². The van der Waals surface area contributed by atoms with Crippen LogP contribution < -0.4 is 15.0 Å². The van der Waals surface area contributed by atoms with E-state index in [1.807, 2.05) is 55.5 Å². The van der Waals surface area contributed by atoms with E-state index in [1.54, 1.807) is 4.90 Å². The average Bonchev–Trinajstić information content (AvgIpc) is 2.56. The van der Waals surface area contributed by atoms with Gasteiger partial charge in [0.25, 0.3) is 5.91 Å². The number of amides is 2. The van der Waals surface area contributed by atoms with Gasteiger partial charge in [0, 0.05) is 18.7 Å². The Kier molecular flexibility index (Phi) is 4.28. The Labute approximate surface area is 134 Å². The molecule has 1 heterocycles. The summed E-state index contributed by atoms with van der Waals surface area (Å²) in [5.41, 5.74) is 2.52. The highest BCUT2D eigenvalue weighted by atomic mass is 16.5. The molecular weight excluding hydrogens is 292 g/mol. The summed E-state index contributed by atoms with van der Waals surface area (Å²) in [6.45, 7) is 2.28. The molecule has 3 rings (SSSR count). The van der Waals surface area contributed by atoms with Gasteiger partial charge in [-0.1, -0.05) is 30.3 Å². The second kappa shape index (κ2) is 6.52. The topological polar surface area (TPSA) is 58.6 Å². The highest BCUT2D eigenvalue weighted by Crippen LogP contribution is 2.31. The van der Waals surface area contributed by atoms with Crippen molar-refractivity contribution in [3.8, 4) is 5.75 Å². The summed E-state index contributed by atoms with van der Waals surface area (Å²) in [6, 6.07) is 15.0. The third-order valence-corrected chi connectivity index (χ3v) is 3.79. The molecule has 0 fully saturated rings. The van der Waals surface area contributed by atoms with Gasteiger partial charge in [-0.2, -0.15) is 0 Å². The van der Waals surface area contributed by atoms with Gasteiger partial charge in [-0.15, -0.1) is 0 Å². The smallest absolute Gasteiger partial charge is 0.265 e. The van der Waals surface area contributed by atoms with Gasteiger partial charge < -0.3 is 15.0 Å². The van der Waals surface area contributed by atoms with Gasteiger partial charge in [0.1, 0.15) is 5.75 Å². The monoisotopic (exact) mass is 310 g/mol. The first kappa shape index (κ1) is 15.1. The van der Waals surface area contributed by atoms with Crippen molar-refractivity contribution in [3.63, 3.8) is 0 Å². The summed E-state index contributed by atoms with van der Waals surface area (Å²) in [5, 5.41) is 2.88. The van der Waals surface area contributed by atoms with E-state index in [0.717, 1.165) is 11.3 Å². The molecule has 2 aromatic carbocycles. The fraction of sp³-hybridized carbons (Fsp3) is 0.222. The Bertz CT molecular complexity index is 743. The lowest BCUT2D eigenvalue weighted by atomic mass is 10.2. The number of nitrogens with one attached hydrogen (secondary N) is 1. The summed E-state index contributed by atoms with van der Waals surface area (Å²) in [5.74, 6) is 0.426. The molecule has 0 atom stereocenters. The van der Waals surface area contributed by atoms with E-state index < -0.39 is 0 Å².